The number of aromatic nitrogens is 1. The number of esters is 1. The number of rotatable bonds is 7. The summed E-state index contributed by atoms with van der Waals surface area (Å²) in [7, 11) is 0. The van der Waals surface area contributed by atoms with Gasteiger partial charge in [0.2, 0.25) is 0 Å². The van der Waals surface area contributed by atoms with Gasteiger partial charge in [0.15, 0.2) is 0 Å². The summed E-state index contributed by atoms with van der Waals surface area (Å²) in [6, 6.07) is 5.56. The van der Waals surface area contributed by atoms with Gasteiger partial charge in [0.1, 0.15) is 11.5 Å². The van der Waals surface area contributed by atoms with Crippen molar-refractivity contribution in [3.63, 3.8) is 0 Å². The maximum atomic E-state index is 14.4. The van der Waals surface area contributed by atoms with Gasteiger partial charge in [-0.1, -0.05) is 25.1 Å². The van der Waals surface area contributed by atoms with E-state index in [0.29, 0.717) is 12.1 Å². The number of hydrogen-bond donors (Lipinski definition) is 2. The van der Waals surface area contributed by atoms with E-state index in [0.717, 1.165) is 0 Å². The van der Waals surface area contributed by atoms with Crippen LogP contribution in [0.15, 0.2) is 24.3 Å². The summed E-state index contributed by atoms with van der Waals surface area (Å²) in [6.07, 6.45) is 0.650. The average Bonchev–Trinajstić information content (AvgIpc) is 2.98. The molecule has 0 spiro atoms. The maximum absolute atomic E-state index is 14.4. The monoisotopic (exact) mass is 374 g/mol. The molecule has 144 valence electrons. The Morgan fingerprint density at radius 2 is 1.89 bits per heavy atom. The minimum Gasteiger partial charge on any atom is -0.462 e. The standard InChI is InChI=1S/C20H23FN2O4/c1-5-11(3)22-19(25)18(24)17-16(13-9-7-8-10-14(13)21)15(12(4)23-17)20(26)27-6-2/h7-11,23H,5-6H2,1-4H3,(H,22,25)/t11-/m1/s1. The first kappa shape index (κ1) is 20.4. The highest BCUT2D eigenvalue weighted by atomic mass is 19.1. The number of aryl methyl sites for hydroxylation is 1. The molecular formula is C20H23FN2O4. The zero-order chi connectivity index (χ0) is 20.1. The number of carbonyl (C=O) groups is 3. The van der Waals surface area contributed by atoms with Crippen LogP contribution in [0, 0.1) is 12.7 Å². The summed E-state index contributed by atoms with van der Waals surface area (Å²) in [6.45, 7) is 6.98. The molecule has 1 amide bonds. The molecule has 0 aliphatic carbocycles. The average molecular weight is 374 g/mol. The third-order valence-corrected chi connectivity index (χ3v) is 4.23. The van der Waals surface area contributed by atoms with Crippen LogP contribution in [0.25, 0.3) is 11.1 Å². The first-order valence-electron chi connectivity index (χ1n) is 8.81. The van der Waals surface area contributed by atoms with E-state index in [-0.39, 0.29) is 35.0 Å². The Kier molecular flexibility index (Phi) is 6.50. The molecule has 6 nitrogen and oxygen atoms in total. The Hall–Kier alpha value is -2.96. The predicted octanol–water partition coefficient (Wildman–Crippen LogP) is 3.40. The lowest BCUT2D eigenvalue weighted by atomic mass is 9.97. The number of amides is 1. The Morgan fingerprint density at radius 3 is 2.48 bits per heavy atom. The van der Waals surface area contributed by atoms with Gasteiger partial charge in [0.25, 0.3) is 11.7 Å². The Morgan fingerprint density at radius 1 is 1.22 bits per heavy atom. The number of Topliss-reactive ketones (excluding diaryl/α,β-unsaturated/α-hetero) is 1. The second kappa shape index (κ2) is 8.62. The van der Waals surface area contributed by atoms with Crippen LogP contribution in [0.2, 0.25) is 0 Å². The van der Waals surface area contributed by atoms with Crippen molar-refractivity contribution >= 4 is 17.7 Å². The molecule has 0 fully saturated rings. The van der Waals surface area contributed by atoms with Crippen molar-refractivity contribution in [2.75, 3.05) is 6.61 Å². The molecule has 1 aromatic carbocycles. The summed E-state index contributed by atoms with van der Waals surface area (Å²) in [4.78, 5) is 40.2. The Bertz CT molecular complexity index is 873. The molecule has 0 aliphatic rings. The number of hydrogen-bond acceptors (Lipinski definition) is 4. The molecule has 2 N–H and O–H groups in total. The fourth-order valence-corrected chi connectivity index (χ4v) is 2.69. The number of carbonyl (C=O) groups excluding carboxylic acids is 3. The molecule has 1 atom stereocenters. The summed E-state index contributed by atoms with van der Waals surface area (Å²) in [5.74, 6) is -2.99. The van der Waals surface area contributed by atoms with Crippen molar-refractivity contribution in [1.29, 1.82) is 0 Å². The third kappa shape index (κ3) is 4.24. The van der Waals surface area contributed by atoms with Gasteiger partial charge in [-0.2, -0.15) is 0 Å². The second-order valence-corrected chi connectivity index (χ2v) is 6.19. The van der Waals surface area contributed by atoms with Crippen molar-refractivity contribution in [1.82, 2.24) is 10.3 Å². The number of benzene rings is 1. The maximum Gasteiger partial charge on any atom is 0.340 e. The van der Waals surface area contributed by atoms with Crippen LogP contribution in [-0.4, -0.2) is 35.3 Å². The summed E-state index contributed by atoms with van der Waals surface area (Å²) in [5.41, 5.74) is 0.312. The minimum absolute atomic E-state index is 0.0355. The van der Waals surface area contributed by atoms with E-state index in [1.165, 1.54) is 18.2 Å². The van der Waals surface area contributed by atoms with Crippen molar-refractivity contribution in [3.8, 4) is 11.1 Å². The number of ketones is 1. The molecule has 27 heavy (non-hydrogen) atoms. The molecule has 0 unspecified atom stereocenters. The molecule has 0 aliphatic heterocycles. The Balaban J connectivity index is 2.63. The number of nitrogens with one attached hydrogen (secondary N) is 2. The highest BCUT2D eigenvalue weighted by molar-refractivity contribution is 6.44. The smallest absolute Gasteiger partial charge is 0.340 e. The van der Waals surface area contributed by atoms with E-state index in [4.69, 9.17) is 4.74 Å². The third-order valence-electron chi connectivity index (χ3n) is 4.23. The normalized spacial score (nSPS) is 11.7. The number of halogens is 1. The van der Waals surface area contributed by atoms with Gasteiger partial charge in [-0.25, -0.2) is 9.18 Å². The highest BCUT2D eigenvalue weighted by Crippen LogP contribution is 2.33. The van der Waals surface area contributed by atoms with Crippen molar-refractivity contribution < 1.29 is 23.5 Å². The van der Waals surface area contributed by atoms with Crippen molar-refractivity contribution in [2.45, 2.75) is 40.2 Å². The van der Waals surface area contributed by atoms with Gasteiger partial charge in [0.05, 0.1) is 12.2 Å². The van der Waals surface area contributed by atoms with Crippen LogP contribution < -0.4 is 5.32 Å². The van der Waals surface area contributed by atoms with Crippen LogP contribution in [0.4, 0.5) is 4.39 Å². The van der Waals surface area contributed by atoms with E-state index in [2.05, 4.69) is 10.3 Å². The summed E-state index contributed by atoms with van der Waals surface area (Å²) < 4.78 is 19.5. The van der Waals surface area contributed by atoms with Gasteiger partial charge >= 0.3 is 5.97 Å². The lowest BCUT2D eigenvalue weighted by Gasteiger charge is -2.11. The lowest BCUT2D eigenvalue weighted by Crippen LogP contribution is -2.37. The molecule has 0 saturated heterocycles. The van der Waals surface area contributed by atoms with E-state index in [9.17, 15) is 18.8 Å². The van der Waals surface area contributed by atoms with E-state index >= 15 is 0 Å². The molecule has 7 heteroatoms. The fraction of sp³-hybridized carbons (Fsp3) is 0.350. The second-order valence-electron chi connectivity index (χ2n) is 6.19. The van der Waals surface area contributed by atoms with Crippen LogP contribution in [-0.2, 0) is 9.53 Å². The van der Waals surface area contributed by atoms with E-state index < -0.39 is 23.5 Å². The molecule has 1 aromatic heterocycles. The quantitative estimate of drug-likeness (QED) is 0.442. The number of H-pyrrole nitrogens is 1. The molecule has 1 heterocycles. The largest absolute Gasteiger partial charge is 0.462 e. The topological polar surface area (TPSA) is 88.3 Å². The summed E-state index contributed by atoms with van der Waals surface area (Å²) >= 11 is 0. The zero-order valence-electron chi connectivity index (χ0n) is 15.8. The van der Waals surface area contributed by atoms with Gasteiger partial charge < -0.3 is 15.0 Å². The molecule has 0 radical (unpaired) electrons. The summed E-state index contributed by atoms with van der Waals surface area (Å²) in [5, 5.41) is 2.59. The van der Waals surface area contributed by atoms with Crippen LogP contribution in [0.1, 0.15) is 53.7 Å². The van der Waals surface area contributed by atoms with Gasteiger partial charge in [-0.3, -0.25) is 9.59 Å². The molecule has 2 aromatic rings. The molecular weight excluding hydrogens is 351 g/mol. The molecule has 0 bridgehead atoms. The molecule has 0 saturated carbocycles. The van der Waals surface area contributed by atoms with E-state index in [1.54, 1.807) is 26.8 Å². The SMILES string of the molecule is CCOC(=O)c1c(C)[nH]c(C(=O)C(=O)N[C@H](C)CC)c1-c1ccccc1F. The number of aromatic amines is 1. The highest BCUT2D eigenvalue weighted by Gasteiger charge is 2.31. The predicted molar refractivity (Wildman–Crippen MR) is 99.1 cm³/mol. The minimum atomic E-state index is -0.868. The zero-order valence-corrected chi connectivity index (χ0v) is 15.8. The lowest BCUT2D eigenvalue weighted by molar-refractivity contribution is -0.117. The van der Waals surface area contributed by atoms with Gasteiger partial charge in [0, 0.05) is 22.9 Å². The van der Waals surface area contributed by atoms with Crippen LogP contribution in [0.3, 0.4) is 0 Å². The number of ether oxygens (including phenoxy) is 1. The van der Waals surface area contributed by atoms with Crippen molar-refractivity contribution in [2.24, 2.45) is 0 Å². The Labute approximate surface area is 157 Å². The first-order valence-corrected chi connectivity index (χ1v) is 8.81. The van der Waals surface area contributed by atoms with Crippen molar-refractivity contribution in [3.05, 3.63) is 47.0 Å². The van der Waals surface area contributed by atoms with E-state index in [1.807, 2.05) is 6.92 Å². The van der Waals surface area contributed by atoms with Gasteiger partial charge in [-0.15, -0.1) is 0 Å². The van der Waals surface area contributed by atoms with Crippen LogP contribution in [0.5, 0.6) is 0 Å². The fourth-order valence-electron chi connectivity index (χ4n) is 2.69. The van der Waals surface area contributed by atoms with Crippen LogP contribution >= 0.6 is 0 Å². The molecule has 2 rings (SSSR count). The first-order chi connectivity index (χ1) is 12.8. The van der Waals surface area contributed by atoms with Gasteiger partial charge in [-0.05, 0) is 33.3 Å².